The van der Waals surface area contributed by atoms with Crippen LogP contribution in [0.4, 0.5) is 0 Å². The molecule has 0 spiro atoms. The minimum absolute atomic E-state index is 0.0513. The van der Waals surface area contributed by atoms with Crippen LogP contribution >= 0.6 is 0 Å². The molecule has 3 heteroatoms. The number of rotatable bonds is 7. The third-order valence-corrected chi connectivity index (χ3v) is 7.35. The fraction of sp³-hybridized carbons (Fsp3) is 0.739. The van der Waals surface area contributed by atoms with E-state index in [1.807, 2.05) is 13.0 Å². The summed E-state index contributed by atoms with van der Waals surface area (Å²) < 4.78 is 0. The first kappa shape index (κ1) is 20.9. The molecule has 26 heavy (non-hydrogen) atoms. The van der Waals surface area contributed by atoms with Crippen molar-refractivity contribution in [2.45, 2.75) is 79.1 Å². The van der Waals surface area contributed by atoms with Gasteiger partial charge in [-0.2, -0.15) is 0 Å². The van der Waals surface area contributed by atoms with E-state index >= 15 is 0 Å². The maximum Gasteiger partial charge on any atom is 0.309 e. The average molecular weight is 361 g/mol. The summed E-state index contributed by atoms with van der Waals surface area (Å²) in [6.07, 6.45) is 11.6. The lowest BCUT2D eigenvalue weighted by atomic mass is 9.46. The molecule has 2 fully saturated rings. The van der Waals surface area contributed by atoms with E-state index in [2.05, 4.69) is 20.4 Å². The van der Waals surface area contributed by atoms with Gasteiger partial charge in [0.15, 0.2) is 5.78 Å². The van der Waals surface area contributed by atoms with Gasteiger partial charge in [0.1, 0.15) is 0 Å². The number of carbonyl (C=O) groups is 2. The Bertz CT molecular complexity index is 590. The number of allylic oxidation sites excluding steroid dienone is 3. The van der Waals surface area contributed by atoms with Crippen LogP contribution in [0, 0.1) is 28.6 Å². The van der Waals surface area contributed by atoms with E-state index in [9.17, 15) is 14.7 Å². The summed E-state index contributed by atoms with van der Waals surface area (Å²) in [5.41, 5.74) is 0.780. The quantitative estimate of drug-likeness (QED) is 0.461. The maximum absolute atomic E-state index is 12.0. The lowest BCUT2D eigenvalue weighted by Gasteiger charge is -2.57. The first-order valence-electron chi connectivity index (χ1n) is 10.2. The van der Waals surface area contributed by atoms with Crippen LogP contribution in [0.5, 0.6) is 0 Å². The Kier molecular flexibility index (Phi) is 6.52. The highest BCUT2D eigenvalue weighted by Gasteiger charge is 2.57. The van der Waals surface area contributed by atoms with E-state index in [4.69, 9.17) is 0 Å². The van der Waals surface area contributed by atoms with Gasteiger partial charge in [-0.05, 0) is 88.0 Å². The summed E-state index contributed by atoms with van der Waals surface area (Å²) >= 11 is 0. The molecule has 0 heterocycles. The Morgan fingerprint density at radius 2 is 2.04 bits per heavy atom. The monoisotopic (exact) mass is 360 g/mol. The van der Waals surface area contributed by atoms with Crippen molar-refractivity contribution in [3.63, 3.8) is 0 Å². The number of fused-ring (bicyclic) bond motifs is 1. The smallest absolute Gasteiger partial charge is 0.309 e. The Labute approximate surface area is 158 Å². The second kappa shape index (κ2) is 8.10. The number of hydrogen-bond acceptors (Lipinski definition) is 2. The maximum atomic E-state index is 12.0. The topological polar surface area (TPSA) is 54.4 Å². The molecule has 2 rings (SSSR count). The van der Waals surface area contributed by atoms with Crippen LogP contribution in [0.2, 0.25) is 0 Å². The van der Waals surface area contributed by atoms with Gasteiger partial charge in [0.25, 0.3) is 0 Å². The van der Waals surface area contributed by atoms with Gasteiger partial charge in [-0.15, -0.1) is 0 Å². The van der Waals surface area contributed by atoms with E-state index < -0.39 is 11.4 Å². The highest BCUT2D eigenvalue weighted by Crippen LogP contribution is 2.62. The molecule has 0 bridgehead atoms. The van der Waals surface area contributed by atoms with Crippen LogP contribution in [-0.4, -0.2) is 16.9 Å². The third-order valence-electron chi connectivity index (χ3n) is 7.35. The first-order chi connectivity index (χ1) is 12.1. The summed E-state index contributed by atoms with van der Waals surface area (Å²) in [6, 6.07) is 0. The van der Waals surface area contributed by atoms with Crippen LogP contribution in [0.25, 0.3) is 0 Å². The van der Waals surface area contributed by atoms with E-state index in [0.717, 1.165) is 51.4 Å². The molecule has 0 aromatic heterocycles. The molecule has 2 aliphatic carbocycles. The largest absolute Gasteiger partial charge is 0.481 e. The second-order valence-corrected chi connectivity index (χ2v) is 9.32. The van der Waals surface area contributed by atoms with Crippen molar-refractivity contribution in [1.29, 1.82) is 0 Å². The van der Waals surface area contributed by atoms with Gasteiger partial charge in [0.05, 0.1) is 5.41 Å². The minimum atomic E-state index is -0.623. The molecule has 5 atom stereocenters. The summed E-state index contributed by atoms with van der Waals surface area (Å²) in [4.78, 5) is 23.1. The molecular formula is C23H36O3. The first-order valence-corrected chi connectivity index (χ1v) is 10.2. The van der Waals surface area contributed by atoms with Gasteiger partial charge in [0.2, 0.25) is 0 Å². The van der Waals surface area contributed by atoms with E-state index in [1.54, 1.807) is 13.0 Å². The molecule has 0 aromatic rings. The summed E-state index contributed by atoms with van der Waals surface area (Å²) in [5, 5.41) is 9.91. The molecule has 2 saturated carbocycles. The fourth-order valence-electron chi connectivity index (χ4n) is 5.77. The van der Waals surface area contributed by atoms with Crippen LogP contribution in [-0.2, 0) is 9.59 Å². The zero-order chi connectivity index (χ0) is 19.5. The molecular weight excluding hydrogens is 324 g/mol. The van der Waals surface area contributed by atoms with Crippen molar-refractivity contribution >= 4 is 11.8 Å². The number of aliphatic carboxylic acids is 1. The molecule has 0 saturated heterocycles. The molecule has 2 aliphatic rings. The zero-order valence-corrected chi connectivity index (χ0v) is 17.0. The lowest BCUT2D eigenvalue weighted by Crippen LogP contribution is -2.53. The molecule has 0 radical (unpaired) electrons. The number of carboxylic acid groups (broad SMARTS) is 1. The van der Waals surface area contributed by atoms with E-state index in [0.29, 0.717) is 11.8 Å². The van der Waals surface area contributed by atoms with Gasteiger partial charge < -0.3 is 5.11 Å². The van der Waals surface area contributed by atoms with Crippen molar-refractivity contribution in [3.8, 4) is 0 Å². The van der Waals surface area contributed by atoms with Crippen molar-refractivity contribution in [1.82, 2.24) is 0 Å². The third kappa shape index (κ3) is 4.13. The van der Waals surface area contributed by atoms with Crippen LogP contribution < -0.4 is 0 Å². The van der Waals surface area contributed by atoms with Crippen LogP contribution in [0.3, 0.4) is 0 Å². The van der Waals surface area contributed by atoms with Gasteiger partial charge in [-0.3, -0.25) is 9.59 Å². The number of carboxylic acids is 1. The molecule has 146 valence electrons. The molecule has 0 aliphatic heterocycles. The molecule has 0 amide bonds. The average Bonchev–Trinajstić information content (AvgIpc) is 2.53. The van der Waals surface area contributed by atoms with E-state index in [-0.39, 0.29) is 17.1 Å². The predicted octanol–water partition coefficient (Wildman–Crippen LogP) is 5.80. The molecule has 0 aromatic carbocycles. The zero-order valence-electron chi connectivity index (χ0n) is 17.0. The number of hydrogen-bond donors (Lipinski definition) is 1. The van der Waals surface area contributed by atoms with E-state index in [1.165, 1.54) is 5.57 Å². The van der Waals surface area contributed by atoms with Crippen molar-refractivity contribution in [3.05, 3.63) is 24.3 Å². The van der Waals surface area contributed by atoms with Crippen LogP contribution in [0.1, 0.15) is 79.1 Å². The molecule has 1 N–H and O–H groups in total. The second-order valence-electron chi connectivity index (χ2n) is 9.32. The summed E-state index contributed by atoms with van der Waals surface area (Å²) in [7, 11) is 0. The Morgan fingerprint density at radius 3 is 2.65 bits per heavy atom. The van der Waals surface area contributed by atoms with Crippen molar-refractivity contribution in [2.24, 2.45) is 28.6 Å². The molecule has 3 nitrogen and oxygen atoms in total. The Balaban J connectivity index is 2.10. The van der Waals surface area contributed by atoms with Crippen molar-refractivity contribution in [2.75, 3.05) is 0 Å². The number of ketones is 1. The lowest BCUT2D eigenvalue weighted by molar-refractivity contribution is -0.164. The predicted molar refractivity (Wildman–Crippen MR) is 106 cm³/mol. The standard InChI is InChI=1S/C23H36O3/c1-16(8-6-9-18(3)24)10-12-19-17(2)11-13-20-22(19,4)14-7-15-23(20,5)21(25)26/h6,9,16,19-20H,2,7-8,10-15H2,1,3-5H3,(H,25,26)/b9-6+/t16-,19+,20-,22-,23+/m1/s1. The van der Waals surface area contributed by atoms with Gasteiger partial charge in [0, 0.05) is 0 Å². The normalized spacial score (nSPS) is 35.9. The van der Waals surface area contributed by atoms with Gasteiger partial charge in [-0.1, -0.05) is 38.5 Å². The summed E-state index contributed by atoms with van der Waals surface area (Å²) in [5.74, 6) is 0.659. The summed E-state index contributed by atoms with van der Waals surface area (Å²) in [6.45, 7) is 12.5. The highest BCUT2D eigenvalue weighted by molar-refractivity contribution is 5.87. The highest BCUT2D eigenvalue weighted by atomic mass is 16.4. The van der Waals surface area contributed by atoms with Crippen molar-refractivity contribution < 1.29 is 14.7 Å². The Morgan fingerprint density at radius 1 is 1.35 bits per heavy atom. The minimum Gasteiger partial charge on any atom is -0.481 e. The van der Waals surface area contributed by atoms with Gasteiger partial charge in [-0.25, -0.2) is 0 Å². The van der Waals surface area contributed by atoms with Gasteiger partial charge >= 0.3 is 5.97 Å². The SMILES string of the molecule is C=C1CC[C@@H]2[C@](C)(CCC[C@]2(C)C(=O)O)[C@H]1CC[C@H](C)C/C=C/C(C)=O. The number of carbonyl (C=O) groups excluding carboxylic acids is 1. The van der Waals surface area contributed by atoms with Crippen LogP contribution in [0.15, 0.2) is 24.3 Å². The Hall–Kier alpha value is -1.38. The fourth-order valence-corrected chi connectivity index (χ4v) is 5.77. The molecule has 0 unspecified atom stereocenters.